The van der Waals surface area contributed by atoms with E-state index in [1.54, 1.807) is 31.2 Å². The number of imidazole rings is 1. The molecule has 30 heavy (non-hydrogen) atoms. The lowest BCUT2D eigenvalue weighted by molar-refractivity contribution is -0.164. The number of aryl methyl sites for hydroxylation is 2. The van der Waals surface area contributed by atoms with Gasteiger partial charge in [0.1, 0.15) is 24.4 Å². The van der Waals surface area contributed by atoms with E-state index in [1.807, 2.05) is 13.8 Å². The molecule has 0 aliphatic carbocycles. The minimum absolute atomic E-state index is 0.148. The molecule has 9 heteroatoms. The topological polar surface area (TPSA) is 106 Å². The number of ether oxygens (including phenoxy) is 3. The van der Waals surface area contributed by atoms with Crippen LogP contribution in [0.5, 0.6) is 5.75 Å². The van der Waals surface area contributed by atoms with Crippen LogP contribution in [0.1, 0.15) is 36.4 Å². The number of rotatable bonds is 7. The fourth-order valence-electron chi connectivity index (χ4n) is 2.81. The molecule has 9 nitrogen and oxygen atoms in total. The molecule has 1 atom stereocenters. The SMILES string of the molecule is CCOC(=O)C(C)(OC(=O)n1ccnc1)c1ccc(OCc2c(C)noc2C)cc1. The van der Waals surface area contributed by atoms with Crippen molar-refractivity contribution in [3.05, 3.63) is 65.6 Å². The van der Waals surface area contributed by atoms with Crippen molar-refractivity contribution in [2.75, 3.05) is 6.61 Å². The van der Waals surface area contributed by atoms with E-state index < -0.39 is 17.7 Å². The smallest absolute Gasteiger partial charge is 0.420 e. The number of carbonyl (C=O) groups excluding carboxylic acids is 2. The van der Waals surface area contributed by atoms with Crippen LogP contribution in [0.25, 0.3) is 0 Å². The van der Waals surface area contributed by atoms with Gasteiger partial charge in [0.15, 0.2) is 0 Å². The standard InChI is InChI=1S/C21H23N3O6/c1-5-27-19(25)21(4,29-20(26)24-11-10-22-13-24)16-6-8-17(9-7-16)28-12-18-14(2)23-30-15(18)3/h6-11,13H,5,12H2,1-4H3. The molecule has 0 bridgehead atoms. The van der Waals surface area contributed by atoms with Crippen LogP contribution < -0.4 is 4.74 Å². The molecule has 0 amide bonds. The summed E-state index contributed by atoms with van der Waals surface area (Å²) in [5.41, 5.74) is 0.451. The fourth-order valence-corrected chi connectivity index (χ4v) is 2.81. The number of esters is 1. The Morgan fingerprint density at radius 1 is 1.20 bits per heavy atom. The molecule has 0 aliphatic rings. The van der Waals surface area contributed by atoms with E-state index in [-0.39, 0.29) is 6.61 Å². The van der Waals surface area contributed by atoms with Gasteiger partial charge in [0, 0.05) is 18.0 Å². The first-order valence-corrected chi connectivity index (χ1v) is 9.38. The Bertz CT molecular complexity index is 991. The first kappa shape index (κ1) is 21.1. The summed E-state index contributed by atoms with van der Waals surface area (Å²) in [4.78, 5) is 28.9. The van der Waals surface area contributed by atoms with Crippen LogP contribution in [0.15, 0.2) is 47.5 Å². The predicted octanol–water partition coefficient (Wildman–Crippen LogP) is 3.53. The Morgan fingerprint density at radius 2 is 1.93 bits per heavy atom. The molecule has 1 unspecified atom stereocenters. The van der Waals surface area contributed by atoms with Crippen LogP contribution in [0.4, 0.5) is 4.79 Å². The van der Waals surface area contributed by atoms with Crippen LogP contribution in [-0.4, -0.2) is 33.4 Å². The van der Waals surface area contributed by atoms with Crippen molar-refractivity contribution in [3.8, 4) is 5.75 Å². The van der Waals surface area contributed by atoms with Gasteiger partial charge >= 0.3 is 12.1 Å². The maximum Gasteiger partial charge on any atom is 0.420 e. The maximum absolute atomic E-state index is 12.6. The fraction of sp³-hybridized carbons (Fsp3) is 0.333. The number of aromatic nitrogens is 3. The van der Waals surface area contributed by atoms with Gasteiger partial charge in [-0.1, -0.05) is 17.3 Å². The molecule has 2 aromatic heterocycles. The van der Waals surface area contributed by atoms with E-state index in [9.17, 15) is 9.59 Å². The summed E-state index contributed by atoms with van der Waals surface area (Å²) in [6.07, 6.45) is 3.41. The lowest BCUT2D eigenvalue weighted by atomic mass is 9.95. The van der Waals surface area contributed by atoms with Crippen molar-refractivity contribution in [1.82, 2.24) is 14.7 Å². The Hall–Kier alpha value is -3.62. The van der Waals surface area contributed by atoms with Crippen LogP contribution in [0.2, 0.25) is 0 Å². The average molecular weight is 413 g/mol. The zero-order chi connectivity index (χ0) is 21.7. The zero-order valence-corrected chi connectivity index (χ0v) is 17.2. The summed E-state index contributed by atoms with van der Waals surface area (Å²) >= 11 is 0. The third-order valence-corrected chi connectivity index (χ3v) is 4.64. The van der Waals surface area contributed by atoms with Gasteiger partial charge < -0.3 is 18.7 Å². The second-order valence-electron chi connectivity index (χ2n) is 6.71. The van der Waals surface area contributed by atoms with E-state index in [0.717, 1.165) is 15.8 Å². The monoisotopic (exact) mass is 413 g/mol. The molecule has 0 N–H and O–H groups in total. The van der Waals surface area contributed by atoms with Gasteiger partial charge in [-0.2, -0.15) is 0 Å². The first-order valence-electron chi connectivity index (χ1n) is 9.38. The van der Waals surface area contributed by atoms with Crippen molar-refractivity contribution in [1.29, 1.82) is 0 Å². The molecule has 1 aromatic carbocycles. The third kappa shape index (κ3) is 4.35. The zero-order valence-electron chi connectivity index (χ0n) is 17.2. The van der Waals surface area contributed by atoms with E-state index in [0.29, 0.717) is 23.7 Å². The quantitative estimate of drug-likeness (QED) is 0.542. The van der Waals surface area contributed by atoms with E-state index in [1.165, 1.54) is 25.6 Å². The maximum atomic E-state index is 12.6. The van der Waals surface area contributed by atoms with Gasteiger partial charge in [-0.3, -0.25) is 0 Å². The Balaban J connectivity index is 1.79. The number of nitrogens with zero attached hydrogens (tertiary/aromatic N) is 3. The number of benzene rings is 1. The molecule has 0 radical (unpaired) electrons. The van der Waals surface area contributed by atoms with Gasteiger partial charge in [-0.15, -0.1) is 0 Å². The van der Waals surface area contributed by atoms with Crippen molar-refractivity contribution < 1.29 is 28.3 Å². The van der Waals surface area contributed by atoms with Crippen LogP contribution >= 0.6 is 0 Å². The van der Waals surface area contributed by atoms with Crippen LogP contribution in [-0.2, 0) is 26.5 Å². The minimum atomic E-state index is -1.64. The molecule has 0 aliphatic heterocycles. The minimum Gasteiger partial charge on any atom is -0.489 e. The van der Waals surface area contributed by atoms with Gasteiger partial charge in [0.2, 0.25) is 5.60 Å². The summed E-state index contributed by atoms with van der Waals surface area (Å²) in [7, 11) is 0. The van der Waals surface area contributed by atoms with E-state index in [2.05, 4.69) is 10.1 Å². The second-order valence-corrected chi connectivity index (χ2v) is 6.71. The predicted molar refractivity (Wildman–Crippen MR) is 105 cm³/mol. The largest absolute Gasteiger partial charge is 0.489 e. The molecule has 3 rings (SSSR count). The summed E-state index contributed by atoms with van der Waals surface area (Å²) in [6, 6.07) is 6.69. The van der Waals surface area contributed by atoms with Crippen LogP contribution in [0.3, 0.4) is 0 Å². The normalized spacial score (nSPS) is 12.8. The van der Waals surface area contributed by atoms with Crippen molar-refractivity contribution >= 4 is 12.1 Å². The summed E-state index contributed by atoms with van der Waals surface area (Å²) in [5, 5.41) is 3.90. The van der Waals surface area contributed by atoms with Gasteiger partial charge in [0.05, 0.1) is 17.9 Å². The lowest BCUT2D eigenvalue weighted by Gasteiger charge is -2.27. The molecule has 158 valence electrons. The molecule has 2 heterocycles. The van der Waals surface area contributed by atoms with E-state index >= 15 is 0 Å². The molecule has 0 fully saturated rings. The highest BCUT2D eigenvalue weighted by Crippen LogP contribution is 2.30. The van der Waals surface area contributed by atoms with Crippen LogP contribution in [0, 0.1) is 13.8 Å². The molecular weight excluding hydrogens is 390 g/mol. The van der Waals surface area contributed by atoms with Crippen molar-refractivity contribution in [2.24, 2.45) is 0 Å². The summed E-state index contributed by atoms with van der Waals surface area (Å²) < 4.78 is 22.7. The molecule has 0 spiro atoms. The van der Waals surface area contributed by atoms with E-state index in [4.69, 9.17) is 18.7 Å². The van der Waals surface area contributed by atoms with Crippen molar-refractivity contribution in [3.63, 3.8) is 0 Å². The highest BCUT2D eigenvalue weighted by atomic mass is 16.6. The second kappa shape index (κ2) is 8.81. The third-order valence-electron chi connectivity index (χ3n) is 4.64. The first-order chi connectivity index (χ1) is 14.3. The van der Waals surface area contributed by atoms with Gasteiger partial charge in [-0.05, 0) is 39.8 Å². The summed E-state index contributed by atoms with van der Waals surface area (Å²) in [5.74, 6) is 0.596. The Morgan fingerprint density at radius 3 is 2.50 bits per heavy atom. The summed E-state index contributed by atoms with van der Waals surface area (Å²) in [6.45, 7) is 7.28. The molecule has 3 aromatic rings. The van der Waals surface area contributed by atoms with Gasteiger partial charge in [0.25, 0.3) is 0 Å². The van der Waals surface area contributed by atoms with Gasteiger partial charge in [-0.25, -0.2) is 19.1 Å². The highest BCUT2D eigenvalue weighted by molar-refractivity contribution is 5.84. The Kier molecular flexibility index (Phi) is 6.20. The number of carbonyl (C=O) groups is 2. The number of hydrogen-bond acceptors (Lipinski definition) is 8. The molecular formula is C21H23N3O6. The highest BCUT2D eigenvalue weighted by Gasteiger charge is 2.41. The van der Waals surface area contributed by atoms with Crippen molar-refractivity contribution in [2.45, 2.75) is 39.9 Å². The Labute approximate surface area is 173 Å². The molecule has 0 saturated heterocycles. The molecule has 0 saturated carbocycles. The lowest BCUT2D eigenvalue weighted by Crippen LogP contribution is -2.40. The average Bonchev–Trinajstić information content (AvgIpc) is 3.37. The number of hydrogen-bond donors (Lipinski definition) is 0.